The van der Waals surface area contributed by atoms with Crippen LogP contribution in [0.1, 0.15) is 33.9 Å². The monoisotopic (exact) mass is 241 g/mol. The molecule has 0 unspecified atom stereocenters. The van der Waals surface area contributed by atoms with Crippen molar-refractivity contribution in [1.82, 2.24) is 0 Å². The summed E-state index contributed by atoms with van der Waals surface area (Å²) in [7, 11) is 0. The zero-order chi connectivity index (χ0) is 13.3. The zero-order valence-corrected chi connectivity index (χ0v) is 11.1. The van der Waals surface area contributed by atoms with E-state index in [9.17, 15) is 5.11 Å². The Kier molecular flexibility index (Phi) is 3.39. The molecule has 0 aliphatic heterocycles. The highest BCUT2D eigenvalue weighted by molar-refractivity contribution is 5.50. The fourth-order valence-electron chi connectivity index (χ4n) is 2.14. The van der Waals surface area contributed by atoms with Crippen LogP contribution in [0.3, 0.4) is 0 Å². The van der Waals surface area contributed by atoms with Gasteiger partial charge in [-0.25, -0.2) is 0 Å². The molecule has 0 heterocycles. The molecule has 18 heavy (non-hydrogen) atoms. The molecule has 2 aromatic carbocycles. The summed E-state index contributed by atoms with van der Waals surface area (Å²) in [6.07, 6.45) is -0.617. The van der Waals surface area contributed by atoms with Gasteiger partial charge in [0, 0.05) is 5.69 Å². The first-order valence-electron chi connectivity index (χ1n) is 6.10. The number of hydrogen-bond acceptors (Lipinski definition) is 2. The van der Waals surface area contributed by atoms with E-state index in [-0.39, 0.29) is 0 Å². The van der Waals surface area contributed by atoms with Gasteiger partial charge in [0.25, 0.3) is 0 Å². The molecule has 2 heteroatoms. The van der Waals surface area contributed by atoms with Gasteiger partial charge in [-0.05, 0) is 49.1 Å². The van der Waals surface area contributed by atoms with E-state index in [0.29, 0.717) is 0 Å². The maximum Gasteiger partial charge on any atom is 0.104 e. The molecule has 0 amide bonds. The van der Waals surface area contributed by atoms with Crippen LogP contribution in [-0.4, -0.2) is 5.11 Å². The summed E-state index contributed by atoms with van der Waals surface area (Å²) in [6, 6.07) is 11.8. The third kappa shape index (κ3) is 2.39. The minimum atomic E-state index is -0.617. The Labute approximate surface area is 108 Å². The molecule has 1 atom stereocenters. The Balaban J connectivity index is 2.41. The molecule has 0 saturated heterocycles. The van der Waals surface area contributed by atoms with E-state index in [1.807, 2.05) is 51.1 Å². The van der Waals surface area contributed by atoms with E-state index in [1.165, 1.54) is 5.56 Å². The molecular weight excluding hydrogens is 222 g/mol. The molecule has 0 aliphatic carbocycles. The van der Waals surface area contributed by atoms with E-state index >= 15 is 0 Å². The molecule has 0 aliphatic rings. The summed E-state index contributed by atoms with van der Waals surface area (Å²) < 4.78 is 0. The Morgan fingerprint density at radius 3 is 2.28 bits per heavy atom. The van der Waals surface area contributed by atoms with Gasteiger partial charge in [-0.2, -0.15) is 0 Å². The predicted molar refractivity (Wildman–Crippen MR) is 75.6 cm³/mol. The third-order valence-corrected chi connectivity index (χ3v) is 3.34. The highest BCUT2D eigenvalue weighted by Crippen LogP contribution is 2.27. The molecule has 0 radical (unpaired) electrons. The average Bonchev–Trinajstić information content (AvgIpc) is 2.32. The molecule has 0 saturated carbocycles. The van der Waals surface area contributed by atoms with Gasteiger partial charge in [-0.3, -0.25) is 0 Å². The molecule has 2 rings (SSSR count). The second-order valence-electron chi connectivity index (χ2n) is 4.88. The highest BCUT2D eigenvalue weighted by Gasteiger charge is 2.13. The van der Waals surface area contributed by atoms with Crippen LogP contribution in [0.2, 0.25) is 0 Å². The molecule has 94 valence electrons. The maximum absolute atomic E-state index is 10.4. The number of nitrogen functional groups attached to an aromatic ring is 1. The number of rotatable bonds is 2. The highest BCUT2D eigenvalue weighted by atomic mass is 16.3. The normalized spacial score (nSPS) is 12.4. The SMILES string of the molecule is Cc1ccc([C@@H](O)c2ccc(C)c(N)c2)c(C)c1. The van der Waals surface area contributed by atoms with Crippen molar-refractivity contribution < 1.29 is 5.11 Å². The van der Waals surface area contributed by atoms with Crippen LogP contribution < -0.4 is 5.73 Å². The lowest BCUT2D eigenvalue weighted by atomic mass is 9.95. The van der Waals surface area contributed by atoms with Gasteiger partial charge in [-0.1, -0.05) is 35.9 Å². The van der Waals surface area contributed by atoms with Crippen molar-refractivity contribution in [1.29, 1.82) is 0 Å². The largest absolute Gasteiger partial charge is 0.399 e. The van der Waals surface area contributed by atoms with E-state index in [1.54, 1.807) is 0 Å². The van der Waals surface area contributed by atoms with Crippen LogP contribution in [0.5, 0.6) is 0 Å². The Hall–Kier alpha value is -1.80. The van der Waals surface area contributed by atoms with Gasteiger partial charge in [0.2, 0.25) is 0 Å². The van der Waals surface area contributed by atoms with Crippen LogP contribution in [0, 0.1) is 20.8 Å². The van der Waals surface area contributed by atoms with Crippen molar-refractivity contribution in [3.63, 3.8) is 0 Å². The number of hydrogen-bond donors (Lipinski definition) is 2. The maximum atomic E-state index is 10.4. The van der Waals surface area contributed by atoms with Crippen LogP contribution in [0.25, 0.3) is 0 Å². The summed E-state index contributed by atoms with van der Waals surface area (Å²) in [5.41, 5.74) is 11.7. The smallest absolute Gasteiger partial charge is 0.104 e. The van der Waals surface area contributed by atoms with Crippen LogP contribution in [0.15, 0.2) is 36.4 Å². The summed E-state index contributed by atoms with van der Waals surface area (Å²) in [4.78, 5) is 0. The van der Waals surface area contributed by atoms with Crippen molar-refractivity contribution in [2.75, 3.05) is 5.73 Å². The molecule has 2 nitrogen and oxygen atoms in total. The van der Waals surface area contributed by atoms with Gasteiger partial charge in [-0.15, -0.1) is 0 Å². The molecule has 0 aromatic heterocycles. The second-order valence-corrected chi connectivity index (χ2v) is 4.88. The Bertz CT molecular complexity index is 575. The number of nitrogens with two attached hydrogens (primary N) is 1. The number of anilines is 1. The summed E-state index contributed by atoms with van der Waals surface area (Å²) in [6.45, 7) is 6.03. The first-order valence-corrected chi connectivity index (χ1v) is 6.10. The number of aliphatic hydroxyl groups is 1. The van der Waals surface area contributed by atoms with E-state index in [0.717, 1.165) is 27.9 Å². The first kappa shape index (κ1) is 12.7. The van der Waals surface area contributed by atoms with Crippen molar-refractivity contribution in [3.05, 3.63) is 64.2 Å². The van der Waals surface area contributed by atoms with Crippen molar-refractivity contribution >= 4 is 5.69 Å². The molecule has 3 N–H and O–H groups in total. The van der Waals surface area contributed by atoms with Gasteiger partial charge >= 0.3 is 0 Å². The van der Waals surface area contributed by atoms with Gasteiger partial charge in [0.15, 0.2) is 0 Å². The molecule has 0 bridgehead atoms. The van der Waals surface area contributed by atoms with Crippen LogP contribution in [0.4, 0.5) is 5.69 Å². The van der Waals surface area contributed by atoms with Crippen LogP contribution in [-0.2, 0) is 0 Å². The molecule has 0 spiro atoms. The Morgan fingerprint density at radius 2 is 1.67 bits per heavy atom. The minimum absolute atomic E-state index is 0.617. The standard InChI is InChI=1S/C16H19NO/c1-10-4-7-14(12(3)8-10)16(18)13-6-5-11(2)15(17)9-13/h4-9,16,18H,17H2,1-3H3/t16-/m0/s1. The lowest BCUT2D eigenvalue weighted by molar-refractivity contribution is 0.219. The summed E-state index contributed by atoms with van der Waals surface area (Å²) in [5, 5.41) is 10.4. The summed E-state index contributed by atoms with van der Waals surface area (Å²) in [5.74, 6) is 0. The number of aliphatic hydroxyl groups excluding tert-OH is 1. The quantitative estimate of drug-likeness (QED) is 0.793. The van der Waals surface area contributed by atoms with Gasteiger partial charge in [0.05, 0.1) is 0 Å². The second kappa shape index (κ2) is 4.83. The number of benzene rings is 2. The van der Waals surface area contributed by atoms with Crippen molar-refractivity contribution in [2.45, 2.75) is 26.9 Å². The predicted octanol–water partition coefficient (Wildman–Crippen LogP) is 3.28. The van der Waals surface area contributed by atoms with Gasteiger partial charge in [0.1, 0.15) is 6.10 Å². The molecule has 2 aromatic rings. The summed E-state index contributed by atoms with van der Waals surface area (Å²) >= 11 is 0. The minimum Gasteiger partial charge on any atom is -0.399 e. The molecular formula is C16H19NO. The van der Waals surface area contributed by atoms with E-state index in [4.69, 9.17) is 5.73 Å². The number of aryl methyl sites for hydroxylation is 3. The Morgan fingerprint density at radius 1 is 0.944 bits per heavy atom. The lowest BCUT2D eigenvalue weighted by Crippen LogP contribution is -2.03. The van der Waals surface area contributed by atoms with Crippen LogP contribution >= 0.6 is 0 Å². The topological polar surface area (TPSA) is 46.2 Å². The molecule has 0 fully saturated rings. The zero-order valence-electron chi connectivity index (χ0n) is 11.1. The van der Waals surface area contributed by atoms with E-state index < -0.39 is 6.10 Å². The fourth-order valence-corrected chi connectivity index (χ4v) is 2.14. The fraction of sp³-hybridized carbons (Fsp3) is 0.250. The third-order valence-electron chi connectivity index (χ3n) is 3.34. The van der Waals surface area contributed by atoms with Crippen molar-refractivity contribution in [2.24, 2.45) is 0 Å². The van der Waals surface area contributed by atoms with Gasteiger partial charge < -0.3 is 10.8 Å². The van der Waals surface area contributed by atoms with E-state index in [2.05, 4.69) is 6.07 Å². The lowest BCUT2D eigenvalue weighted by Gasteiger charge is -2.16. The van der Waals surface area contributed by atoms with Crippen molar-refractivity contribution in [3.8, 4) is 0 Å². The average molecular weight is 241 g/mol. The first-order chi connectivity index (χ1) is 8.49.